The number of rotatable bonds is 6. The van der Waals surface area contributed by atoms with Crippen LogP contribution in [0.3, 0.4) is 0 Å². The number of alkyl halides is 3. The van der Waals surface area contributed by atoms with Crippen LogP contribution < -0.4 is 9.54 Å². The summed E-state index contributed by atoms with van der Waals surface area (Å²) in [6.07, 6.45) is -1.38. The van der Waals surface area contributed by atoms with Crippen LogP contribution >= 0.6 is 11.3 Å². The van der Waals surface area contributed by atoms with Gasteiger partial charge in [-0.05, 0) is 42.9 Å². The van der Waals surface area contributed by atoms with Crippen LogP contribution in [0.4, 0.5) is 18.0 Å². The molecule has 208 valence electrons. The molecule has 1 aromatic heterocycles. The van der Waals surface area contributed by atoms with Gasteiger partial charge in [-0.15, -0.1) is 11.3 Å². The summed E-state index contributed by atoms with van der Waals surface area (Å²) in [5.41, 5.74) is -1.48. The summed E-state index contributed by atoms with van der Waals surface area (Å²) < 4.78 is 53.9. The molecule has 2 aliphatic rings. The zero-order valence-corrected chi connectivity index (χ0v) is 22.4. The van der Waals surface area contributed by atoms with Gasteiger partial charge in [0, 0.05) is 36.7 Å². The largest absolute Gasteiger partial charge is 0.492 e. The molecule has 0 bridgehead atoms. The molecule has 2 saturated heterocycles. The van der Waals surface area contributed by atoms with Crippen molar-refractivity contribution in [1.29, 1.82) is 0 Å². The Morgan fingerprint density at radius 3 is 2.61 bits per heavy atom. The van der Waals surface area contributed by atoms with E-state index in [1.54, 1.807) is 0 Å². The van der Waals surface area contributed by atoms with Crippen molar-refractivity contribution >= 4 is 23.3 Å². The maximum atomic E-state index is 13.5. The van der Waals surface area contributed by atoms with E-state index in [4.69, 9.17) is 14.6 Å². The highest BCUT2D eigenvalue weighted by Gasteiger charge is 2.33. The van der Waals surface area contributed by atoms with Gasteiger partial charge in [-0.2, -0.15) is 18.2 Å². The van der Waals surface area contributed by atoms with Crippen LogP contribution in [0.25, 0.3) is 0 Å². The van der Waals surface area contributed by atoms with Gasteiger partial charge in [0.25, 0.3) is 5.91 Å². The van der Waals surface area contributed by atoms with E-state index in [1.165, 1.54) is 16.2 Å². The molecular formula is C26H32F3N3O5S. The van der Waals surface area contributed by atoms with E-state index in [-0.39, 0.29) is 41.9 Å². The second-order valence-corrected chi connectivity index (χ2v) is 11.7. The number of amides is 2. The van der Waals surface area contributed by atoms with Gasteiger partial charge >= 0.3 is 12.3 Å². The molecule has 4 rings (SSSR count). The third-order valence-electron chi connectivity index (χ3n) is 6.65. The Balaban J connectivity index is 1.65. The summed E-state index contributed by atoms with van der Waals surface area (Å²) in [5.74, 6) is -0.986. The molecule has 0 spiro atoms. The Bertz CT molecular complexity index is 1240. The third-order valence-corrected chi connectivity index (χ3v) is 8.10. The van der Waals surface area contributed by atoms with E-state index in [1.807, 2.05) is 31.5 Å². The number of thiazole rings is 1. The summed E-state index contributed by atoms with van der Waals surface area (Å²) in [5, 5.41) is 9.16. The Hall–Kier alpha value is -2.86. The lowest BCUT2D eigenvalue weighted by atomic mass is 9.95. The number of ether oxygens (including phenoxy) is 2. The molecule has 3 heterocycles. The summed E-state index contributed by atoms with van der Waals surface area (Å²) in [6.45, 7) is 7.96. The van der Waals surface area contributed by atoms with Gasteiger partial charge in [-0.25, -0.2) is 4.79 Å². The topological polar surface area (TPSA) is 93.4 Å². The van der Waals surface area contributed by atoms with Crippen molar-refractivity contribution in [1.82, 2.24) is 9.47 Å². The highest BCUT2D eigenvalue weighted by atomic mass is 32.1. The molecular weight excluding hydrogens is 523 g/mol. The monoisotopic (exact) mass is 555 g/mol. The van der Waals surface area contributed by atoms with Crippen LogP contribution in [-0.2, 0) is 22.9 Å². The number of carbonyl (C=O) groups is 2. The van der Waals surface area contributed by atoms with Gasteiger partial charge in [0.2, 0.25) is 0 Å². The summed E-state index contributed by atoms with van der Waals surface area (Å²) >= 11 is 1.32. The van der Waals surface area contributed by atoms with Crippen LogP contribution in [0.2, 0.25) is 0 Å². The molecule has 2 aromatic rings. The molecule has 1 aromatic carbocycles. The van der Waals surface area contributed by atoms with E-state index in [0.717, 1.165) is 35.9 Å². The lowest BCUT2D eigenvalue weighted by molar-refractivity contribution is -0.137. The minimum absolute atomic E-state index is 0.0150. The van der Waals surface area contributed by atoms with Gasteiger partial charge < -0.3 is 24.0 Å². The van der Waals surface area contributed by atoms with Crippen LogP contribution in [0.5, 0.6) is 5.75 Å². The normalized spacial score (nSPS) is 20.8. The smallest absolute Gasteiger partial charge is 0.416 e. The minimum Gasteiger partial charge on any atom is -0.492 e. The fraction of sp³-hybridized carbons (Fsp3) is 0.577. The standard InChI is InChI=1S/C26H32F3N3O5S/c1-25(2,3)21-14-32(13-18-5-4-10-36-18)23(38-21)30-22(33)19-11-17(26(27,28)29)6-7-20(19)37-15-16-8-9-31(12-16)24(34)35/h6-7,11,14,16,18H,4-5,8-10,12-13,15H2,1-3H3,(H,34,35)/t16-,18-/m1/s1. The first-order chi connectivity index (χ1) is 17.8. The number of hydrogen-bond acceptors (Lipinski definition) is 5. The number of carbonyl (C=O) groups excluding carboxylic acids is 1. The van der Waals surface area contributed by atoms with Crippen LogP contribution in [0, 0.1) is 5.92 Å². The first-order valence-electron chi connectivity index (χ1n) is 12.5. The summed E-state index contributed by atoms with van der Waals surface area (Å²) in [7, 11) is 0. The number of carboxylic acid groups (broad SMARTS) is 1. The predicted octanol–water partition coefficient (Wildman–Crippen LogP) is 5.16. The van der Waals surface area contributed by atoms with Gasteiger partial charge in [0.05, 0.1) is 30.4 Å². The van der Waals surface area contributed by atoms with Crippen molar-refractivity contribution in [3.8, 4) is 5.75 Å². The molecule has 38 heavy (non-hydrogen) atoms. The quantitative estimate of drug-likeness (QED) is 0.531. The third kappa shape index (κ3) is 6.76. The SMILES string of the molecule is CC(C)(C)c1cn(C[C@H]2CCCO2)c(=NC(=O)c2cc(C(F)(F)F)ccc2OC[C@@H]2CCN(C(=O)O)C2)s1. The van der Waals surface area contributed by atoms with Crippen molar-refractivity contribution in [2.24, 2.45) is 10.9 Å². The molecule has 0 unspecified atom stereocenters. The van der Waals surface area contributed by atoms with Gasteiger partial charge in [0.1, 0.15) is 5.75 Å². The van der Waals surface area contributed by atoms with Gasteiger partial charge in [0.15, 0.2) is 4.80 Å². The molecule has 12 heteroatoms. The zero-order chi connectivity index (χ0) is 27.7. The molecule has 0 radical (unpaired) electrons. The second-order valence-electron chi connectivity index (χ2n) is 10.7. The van der Waals surface area contributed by atoms with E-state index in [9.17, 15) is 22.8 Å². The Labute approximate surface area is 222 Å². The number of likely N-dealkylation sites (tertiary alicyclic amines) is 1. The summed E-state index contributed by atoms with van der Waals surface area (Å²) in [4.78, 5) is 31.4. The molecule has 2 fully saturated rings. The molecule has 2 atom stereocenters. The van der Waals surface area contributed by atoms with E-state index in [0.29, 0.717) is 30.9 Å². The van der Waals surface area contributed by atoms with Crippen molar-refractivity contribution in [3.05, 3.63) is 45.2 Å². The minimum atomic E-state index is -4.65. The number of aromatic nitrogens is 1. The zero-order valence-electron chi connectivity index (χ0n) is 21.6. The molecule has 0 saturated carbocycles. The Morgan fingerprint density at radius 1 is 1.24 bits per heavy atom. The Morgan fingerprint density at radius 2 is 2.00 bits per heavy atom. The van der Waals surface area contributed by atoms with Crippen LogP contribution in [0.1, 0.15) is 60.8 Å². The van der Waals surface area contributed by atoms with E-state index >= 15 is 0 Å². The predicted molar refractivity (Wildman–Crippen MR) is 135 cm³/mol. The summed E-state index contributed by atoms with van der Waals surface area (Å²) in [6, 6.07) is 2.76. The fourth-order valence-corrected chi connectivity index (χ4v) is 5.50. The average molecular weight is 556 g/mol. The molecule has 1 N–H and O–H groups in total. The number of benzene rings is 1. The van der Waals surface area contributed by atoms with Crippen LogP contribution in [0.15, 0.2) is 29.4 Å². The Kier molecular flexibility index (Phi) is 8.22. The lowest BCUT2D eigenvalue weighted by Crippen LogP contribution is -2.27. The first-order valence-corrected chi connectivity index (χ1v) is 13.4. The molecule has 2 aliphatic heterocycles. The second kappa shape index (κ2) is 11.1. The van der Waals surface area contributed by atoms with E-state index < -0.39 is 23.7 Å². The fourth-order valence-electron chi connectivity index (χ4n) is 4.45. The highest BCUT2D eigenvalue weighted by Crippen LogP contribution is 2.33. The molecule has 8 nitrogen and oxygen atoms in total. The number of halogens is 3. The maximum Gasteiger partial charge on any atom is 0.416 e. The highest BCUT2D eigenvalue weighted by molar-refractivity contribution is 7.09. The maximum absolute atomic E-state index is 13.5. The lowest BCUT2D eigenvalue weighted by Gasteiger charge is -2.16. The van der Waals surface area contributed by atoms with Crippen molar-refractivity contribution in [3.63, 3.8) is 0 Å². The number of nitrogens with zero attached hydrogens (tertiary/aromatic N) is 3. The first kappa shape index (κ1) is 28.2. The number of hydrogen-bond donors (Lipinski definition) is 1. The van der Waals surface area contributed by atoms with E-state index in [2.05, 4.69) is 4.99 Å². The van der Waals surface area contributed by atoms with Gasteiger partial charge in [-0.1, -0.05) is 20.8 Å². The van der Waals surface area contributed by atoms with Crippen molar-refractivity contribution < 1.29 is 37.3 Å². The van der Waals surface area contributed by atoms with Crippen molar-refractivity contribution in [2.75, 3.05) is 26.3 Å². The van der Waals surface area contributed by atoms with Crippen molar-refractivity contribution in [2.45, 2.75) is 64.3 Å². The van der Waals surface area contributed by atoms with Gasteiger partial charge in [-0.3, -0.25) is 4.79 Å². The molecule has 0 aliphatic carbocycles. The van der Waals surface area contributed by atoms with Crippen LogP contribution in [-0.4, -0.2) is 59.0 Å². The average Bonchev–Trinajstić information content (AvgIpc) is 3.59. The molecule has 2 amide bonds.